The number of hydrogen-bond donors (Lipinski definition) is 0. The second-order valence-electron chi connectivity index (χ2n) is 4.60. The van der Waals surface area contributed by atoms with E-state index in [4.69, 9.17) is 21.1 Å². The van der Waals surface area contributed by atoms with E-state index in [0.717, 1.165) is 5.56 Å². The number of morpholine rings is 1. The first-order valence-corrected chi connectivity index (χ1v) is 6.65. The van der Waals surface area contributed by atoms with Crippen molar-refractivity contribution in [2.24, 2.45) is 0 Å². The van der Waals surface area contributed by atoms with Crippen molar-refractivity contribution in [2.45, 2.75) is 13.0 Å². The van der Waals surface area contributed by atoms with Crippen molar-refractivity contribution in [1.29, 1.82) is 0 Å². The number of methoxy groups -OCH3 is 1. The van der Waals surface area contributed by atoms with Gasteiger partial charge in [-0.3, -0.25) is 4.79 Å². The number of benzene rings is 1. The third-order valence-corrected chi connectivity index (χ3v) is 3.53. The molecule has 0 N–H and O–H groups in total. The van der Waals surface area contributed by atoms with E-state index in [2.05, 4.69) is 0 Å². The molecule has 1 amide bonds. The summed E-state index contributed by atoms with van der Waals surface area (Å²) >= 11 is 6.11. The molecule has 0 bridgehead atoms. The predicted molar refractivity (Wildman–Crippen MR) is 73.8 cm³/mol. The summed E-state index contributed by atoms with van der Waals surface area (Å²) in [5.74, 6) is -0.769. The number of aryl methyl sites for hydroxylation is 1. The quantitative estimate of drug-likeness (QED) is 0.779. The van der Waals surface area contributed by atoms with Crippen LogP contribution in [0.25, 0.3) is 0 Å². The SMILES string of the molecule is COC(=O)C1COCCN1C(=O)c1ccc(C)cc1Cl. The van der Waals surface area contributed by atoms with Crippen molar-refractivity contribution in [3.63, 3.8) is 0 Å². The minimum absolute atomic E-state index is 0.141. The maximum Gasteiger partial charge on any atom is 0.331 e. The Bertz CT molecular complexity index is 532. The van der Waals surface area contributed by atoms with Crippen LogP contribution in [0, 0.1) is 6.92 Å². The maximum atomic E-state index is 12.5. The van der Waals surface area contributed by atoms with Crippen molar-refractivity contribution in [1.82, 2.24) is 4.90 Å². The smallest absolute Gasteiger partial charge is 0.331 e. The average Bonchev–Trinajstić information content (AvgIpc) is 2.46. The third kappa shape index (κ3) is 2.94. The summed E-state index contributed by atoms with van der Waals surface area (Å²) < 4.78 is 9.95. The number of rotatable bonds is 2. The number of ether oxygens (including phenoxy) is 2. The van der Waals surface area contributed by atoms with Crippen LogP contribution in [-0.4, -0.2) is 49.7 Å². The predicted octanol–water partition coefficient (Wildman–Crippen LogP) is 1.66. The fourth-order valence-electron chi connectivity index (χ4n) is 2.13. The van der Waals surface area contributed by atoms with Gasteiger partial charge in [0, 0.05) is 6.54 Å². The Balaban J connectivity index is 2.27. The first kappa shape index (κ1) is 14.8. The van der Waals surface area contributed by atoms with E-state index in [9.17, 15) is 9.59 Å². The number of amides is 1. The second-order valence-corrected chi connectivity index (χ2v) is 5.00. The van der Waals surface area contributed by atoms with Gasteiger partial charge in [-0.1, -0.05) is 17.7 Å². The van der Waals surface area contributed by atoms with Crippen LogP contribution in [0.1, 0.15) is 15.9 Å². The van der Waals surface area contributed by atoms with Crippen LogP contribution in [0.5, 0.6) is 0 Å². The highest BCUT2D eigenvalue weighted by Crippen LogP contribution is 2.21. The zero-order valence-electron chi connectivity index (χ0n) is 11.4. The van der Waals surface area contributed by atoms with Crippen LogP contribution in [-0.2, 0) is 14.3 Å². The van der Waals surface area contributed by atoms with Crippen LogP contribution in [0.15, 0.2) is 18.2 Å². The molecule has 2 rings (SSSR count). The zero-order valence-corrected chi connectivity index (χ0v) is 12.1. The molecule has 1 fully saturated rings. The number of halogens is 1. The molecule has 1 heterocycles. The molecule has 0 radical (unpaired) electrons. The Morgan fingerprint density at radius 3 is 2.85 bits per heavy atom. The summed E-state index contributed by atoms with van der Waals surface area (Å²) in [6.45, 7) is 2.76. The van der Waals surface area contributed by atoms with Crippen LogP contribution >= 0.6 is 11.6 Å². The molecule has 1 atom stereocenters. The molecule has 5 nitrogen and oxygen atoms in total. The van der Waals surface area contributed by atoms with Gasteiger partial charge in [0.25, 0.3) is 5.91 Å². The van der Waals surface area contributed by atoms with Gasteiger partial charge in [-0.05, 0) is 24.6 Å². The summed E-state index contributed by atoms with van der Waals surface area (Å²) in [5.41, 5.74) is 1.35. The highest BCUT2D eigenvalue weighted by Gasteiger charge is 2.34. The summed E-state index contributed by atoms with van der Waals surface area (Å²) in [6.07, 6.45) is 0. The van der Waals surface area contributed by atoms with Gasteiger partial charge in [0.05, 0.1) is 30.9 Å². The highest BCUT2D eigenvalue weighted by molar-refractivity contribution is 6.34. The van der Waals surface area contributed by atoms with Crippen LogP contribution in [0.2, 0.25) is 5.02 Å². The van der Waals surface area contributed by atoms with Crippen molar-refractivity contribution < 1.29 is 19.1 Å². The Labute approximate surface area is 122 Å². The van der Waals surface area contributed by atoms with E-state index in [1.54, 1.807) is 12.1 Å². The Kier molecular flexibility index (Phi) is 4.62. The fourth-order valence-corrected chi connectivity index (χ4v) is 2.44. The highest BCUT2D eigenvalue weighted by atomic mass is 35.5. The number of carbonyl (C=O) groups excluding carboxylic acids is 2. The van der Waals surface area contributed by atoms with E-state index in [0.29, 0.717) is 23.7 Å². The van der Waals surface area contributed by atoms with Crippen molar-refractivity contribution >= 4 is 23.5 Å². The van der Waals surface area contributed by atoms with Crippen LogP contribution in [0.4, 0.5) is 0 Å². The minimum Gasteiger partial charge on any atom is -0.467 e. The summed E-state index contributed by atoms with van der Waals surface area (Å²) in [5, 5.41) is 0.380. The van der Waals surface area contributed by atoms with Gasteiger partial charge in [0.2, 0.25) is 0 Å². The Morgan fingerprint density at radius 2 is 2.20 bits per heavy atom. The molecule has 6 heteroatoms. The molecule has 108 valence electrons. The molecule has 0 aliphatic carbocycles. The van der Waals surface area contributed by atoms with E-state index in [1.165, 1.54) is 12.0 Å². The van der Waals surface area contributed by atoms with Gasteiger partial charge in [-0.2, -0.15) is 0 Å². The molecular weight excluding hydrogens is 282 g/mol. The zero-order chi connectivity index (χ0) is 14.7. The lowest BCUT2D eigenvalue weighted by atomic mass is 10.1. The molecular formula is C14H16ClNO4. The van der Waals surface area contributed by atoms with E-state index >= 15 is 0 Å². The van der Waals surface area contributed by atoms with Gasteiger partial charge < -0.3 is 14.4 Å². The third-order valence-electron chi connectivity index (χ3n) is 3.22. The van der Waals surface area contributed by atoms with E-state index in [-0.39, 0.29) is 12.5 Å². The monoisotopic (exact) mass is 297 g/mol. The molecule has 1 aromatic rings. The average molecular weight is 298 g/mol. The van der Waals surface area contributed by atoms with Crippen molar-refractivity contribution in [3.05, 3.63) is 34.3 Å². The molecule has 1 aliphatic heterocycles. The van der Waals surface area contributed by atoms with Crippen LogP contribution in [0.3, 0.4) is 0 Å². The fraction of sp³-hybridized carbons (Fsp3) is 0.429. The number of esters is 1. The normalized spacial score (nSPS) is 18.8. The second kappa shape index (κ2) is 6.24. The van der Waals surface area contributed by atoms with Gasteiger partial charge >= 0.3 is 5.97 Å². The molecule has 20 heavy (non-hydrogen) atoms. The minimum atomic E-state index is -0.724. The van der Waals surface area contributed by atoms with Gasteiger partial charge in [0.15, 0.2) is 6.04 Å². The van der Waals surface area contributed by atoms with E-state index < -0.39 is 12.0 Å². The van der Waals surface area contributed by atoms with Crippen LogP contribution < -0.4 is 0 Å². The Hall–Kier alpha value is -1.59. The first-order chi connectivity index (χ1) is 9.54. The maximum absolute atomic E-state index is 12.5. The standard InChI is InChI=1S/C14H16ClNO4/c1-9-3-4-10(11(15)7-9)13(17)16-5-6-20-8-12(16)14(18)19-2/h3-4,7,12H,5-6,8H2,1-2H3. The molecule has 1 unspecified atom stereocenters. The lowest BCUT2D eigenvalue weighted by molar-refractivity contribution is -0.151. The lowest BCUT2D eigenvalue weighted by Gasteiger charge is -2.33. The number of carbonyl (C=O) groups is 2. The first-order valence-electron chi connectivity index (χ1n) is 6.27. The Morgan fingerprint density at radius 1 is 1.45 bits per heavy atom. The summed E-state index contributed by atoms with van der Waals surface area (Å²) in [4.78, 5) is 25.7. The number of hydrogen-bond acceptors (Lipinski definition) is 4. The van der Waals surface area contributed by atoms with Gasteiger partial charge in [-0.15, -0.1) is 0 Å². The largest absolute Gasteiger partial charge is 0.467 e. The lowest BCUT2D eigenvalue weighted by Crippen LogP contribution is -2.53. The molecule has 1 saturated heterocycles. The molecule has 0 spiro atoms. The topological polar surface area (TPSA) is 55.8 Å². The van der Waals surface area contributed by atoms with E-state index in [1.807, 2.05) is 13.0 Å². The molecule has 0 aromatic heterocycles. The number of nitrogens with zero attached hydrogens (tertiary/aromatic N) is 1. The summed E-state index contributed by atoms with van der Waals surface area (Å²) in [6, 6.07) is 4.48. The van der Waals surface area contributed by atoms with Crippen molar-refractivity contribution in [3.8, 4) is 0 Å². The van der Waals surface area contributed by atoms with Crippen molar-refractivity contribution in [2.75, 3.05) is 26.9 Å². The van der Waals surface area contributed by atoms with Gasteiger partial charge in [-0.25, -0.2) is 4.79 Å². The van der Waals surface area contributed by atoms with Gasteiger partial charge in [0.1, 0.15) is 0 Å². The molecule has 1 aromatic carbocycles. The summed E-state index contributed by atoms with van der Waals surface area (Å²) in [7, 11) is 1.29. The molecule has 1 aliphatic rings. The molecule has 0 saturated carbocycles.